The highest BCUT2D eigenvalue weighted by atomic mass is 16.5. The van der Waals surface area contributed by atoms with Crippen molar-refractivity contribution in [3.63, 3.8) is 0 Å². The average Bonchev–Trinajstić information content (AvgIpc) is 2.69. The van der Waals surface area contributed by atoms with Crippen molar-refractivity contribution in [1.82, 2.24) is 5.32 Å². The number of carbonyl (C=O) groups is 2. The van der Waals surface area contributed by atoms with Crippen LogP contribution in [0.5, 0.6) is 5.75 Å². The Morgan fingerprint density at radius 1 is 1.37 bits per heavy atom. The van der Waals surface area contributed by atoms with E-state index in [0.29, 0.717) is 6.61 Å². The second-order valence-electron chi connectivity index (χ2n) is 4.61. The van der Waals surface area contributed by atoms with Crippen molar-refractivity contribution >= 4 is 11.9 Å². The Labute approximate surface area is 111 Å². The molecular formula is C14H17NO4. The van der Waals surface area contributed by atoms with Gasteiger partial charge in [0, 0.05) is 6.04 Å². The second-order valence-corrected chi connectivity index (χ2v) is 4.61. The van der Waals surface area contributed by atoms with Crippen molar-refractivity contribution in [2.24, 2.45) is 0 Å². The fourth-order valence-corrected chi connectivity index (χ4v) is 2.37. The third kappa shape index (κ3) is 3.47. The van der Waals surface area contributed by atoms with E-state index in [1.807, 2.05) is 25.1 Å². The number of hydrogen-bond acceptors (Lipinski definition) is 3. The SMILES string of the molecule is CCOc1ccc2c(c1)CC(NC(=O)CC(=O)O)C2. The molecule has 2 rings (SSSR count). The summed E-state index contributed by atoms with van der Waals surface area (Å²) in [4.78, 5) is 21.9. The van der Waals surface area contributed by atoms with Crippen molar-refractivity contribution in [3.8, 4) is 5.75 Å². The monoisotopic (exact) mass is 263 g/mol. The van der Waals surface area contributed by atoms with Crippen LogP contribution in [0.25, 0.3) is 0 Å². The zero-order valence-electron chi connectivity index (χ0n) is 10.8. The van der Waals surface area contributed by atoms with Gasteiger partial charge in [0.1, 0.15) is 12.2 Å². The number of carbonyl (C=O) groups excluding carboxylic acids is 1. The highest BCUT2D eigenvalue weighted by Gasteiger charge is 2.23. The van der Waals surface area contributed by atoms with Gasteiger partial charge in [0.15, 0.2) is 0 Å². The van der Waals surface area contributed by atoms with Crippen molar-refractivity contribution in [2.45, 2.75) is 32.2 Å². The lowest BCUT2D eigenvalue weighted by Gasteiger charge is -2.10. The summed E-state index contributed by atoms with van der Waals surface area (Å²) in [6.07, 6.45) is 0.992. The molecular weight excluding hydrogens is 246 g/mol. The van der Waals surface area contributed by atoms with E-state index >= 15 is 0 Å². The molecule has 0 aliphatic heterocycles. The first-order chi connectivity index (χ1) is 9.08. The Bertz CT molecular complexity index is 498. The maximum atomic E-state index is 11.4. The smallest absolute Gasteiger partial charge is 0.312 e. The molecule has 1 aliphatic carbocycles. The maximum Gasteiger partial charge on any atom is 0.312 e. The standard InChI is InChI=1S/C14H17NO4/c1-2-19-12-4-3-9-5-11(6-10(9)7-12)15-13(16)8-14(17)18/h3-4,7,11H,2,5-6,8H2,1H3,(H,15,16)(H,17,18). The van der Waals surface area contributed by atoms with E-state index in [1.165, 1.54) is 5.56 Å². The van der Waals surface area contributed by atoms with Gasteiger partial charge in [-0.25, -0.2) is 0 Å². The van der Waals surface area contributed by atoms with Crippen LogP contribution >= 0.6 is 0 Å². The van der Waals surface area contributed by atoms with Crippen LogP contribution in [0.4, 0.5) is 0 Å². The Kier molecular flexibility index (Phi) is 4.04. The van der Waals surface area contributed by atoms with Crippen molar-refractivity contribution in [3.05, 3.63) is 29.3 Å². The summed E-state index contributed by atoms with van der Waals surface area (Å²) in [7, 11) is 0. The summed E-state index contributed by atoms with van der Waals surface area (Å²) in [5, 5.41) is 11.3. The topological polar surface area (TPSA) is 75.6 Å². The summed E-state index contributed by atoms with van der Waals surface area (Å²) in [5.41, 5.74) is 2.34. The van der Waals surface area contributed by atoms with E-state index in [1.54, 1.807) is 0 Å². The van der Waals surface area contributed by atoms with Gasteiger partial charge in [0.05, 0.1) is 6.61 Å². The molecule has 5 heteroatoms. The normalized spacial score (nSPS) is 16.8. The highest BCUT2D eigenvalue weighted by molar-refractivity contribution is 5.93. The number of nitrogens with one attached hydrogen (secondary N) is 1. The Morgan fingerprint density at radius 3 is 2.79 bits per heavy atom. The lowest BCUT2D eigenvalue weighted by atomic mass is 10.1. The van der Waals surface area contributed by atoms with E-state index < -0.39 is 18.3 Å². The van der Waals surface area contributed by atoms with Gasteiger partial charge in [0.2, 0.25) is 5.91 Å². The summed E-state index contributed by atoms with van der Waals surface area (Å²) in [5.74, 6) is -0.708. The number of ether oxygens (including phenoxy) is 1. The molecule has 19 heavy (non-hydrogen) atoms. The lowest BCUT2D eigenvalue weighted by molar-refractivity contribution is -0.140. The average molecular weight is 263 g/mol. The summed E-state index contributed by atoms with van der Waals surface area (Å²) in [6.45, 7) is 2.56. The van der Waals surface area contributed by atoms with Gasteiger partial charge in [-0.15, -0.1) is 0 Å². The molecule has 1 unspecified atom stereocenters. The van der Waals surface area contributed by atoms with Crippen LogP contribution < -0.4 is 10.1 Å². The van der Waals surface area contributed by atoms with Gasteiger partial charge in [-0.2, -0.15) is 0 Å². The van der Waals surface area contributed by atoms with Crippen LogP contribution in [0.1, 0.15) is 24.5 Å². The summed E-state index contributed by atoms with van der Waals surface area (Å²) < 4.78 is 5.44. The van der Waals surface area contributed by atoms with Crippen molar-refractivity contribution < 1.29 is 19.4 Å². The first kappa shape index (κ1) is 13.4. The molecule has 102 valence electrons. The van der Waals surface area contributed by atoms with Gasteiger partial charge >= 0.3 is 5.97 Å². The molecule has 0 radical (unpaired) electrons. The molecule has 0 saturated heterocycles. The minimum Gasteiger partial charge on any atom is -0.494 e. The summed E-state index contributed by atoms with van der Waals surface area (Å²) in [6, 6.07) is 5.90. The fraction of sp³-hybridized carbons (Fsp3) is 0.429. The number of aliphatic carboxylic acids is 1. The predicted molar refractivity (Wildman–Crippen MR) is 69.2 cm³/mol. The predicted octanol–water partition coefficient (Wildman–Crippen LogP) is 1.14. The zero-order chi connectivity index (χ0) is 13.8. The van der Waals surface area contributed by atoms with Crippen LogP contribution in [0, 0.1) is 0 Å². The lowest BCUT2D eigenvalue weighted by Crippen LogP contribution is -2.36. The van der Waals surface area contributed by atoms with Gasteiger partial charge in [-0.1, -0.05) is 6.07 Å². The third-order valence-electron chi connectivity index (χ3n) is 3.10. The van der Waals surface area contributed by atoms with Crippen LogP contribution in [0.3, 0.4) is 0 Å². The molecule has 0 aromatic heterocycles. The van der Waals surface area contributed by atoms with Gasteiger partial charge < -0.3 is 15.2 Å². The van der Waals surface area contributed by atoms with Crippen LogP contribution in [-0.2, 0) is 22.4 Å². The van der Waals surface area contributed by atoms with Crippen molar-refractivity contribution in [1.29, 1.82) is 0 Å². The number of carboxylic acid groups (broad SMARTS) is 1. The van der Waals surface area contributed by atoms with E-state index in [2.05, 4.69) is 5.32 Å². The zero-order valence-corrected chi connectivity index (χ0v) is 10.8. The molecule has 1 atom stereocenters. The minimum absolute atomic E-state index is 0.0151. The van der Waals surface area contributed by atoms with Crippen molar-refractivity contribution in [2.75, 3.05) is 6.61 Å². The largest absolute Gasteiger partial charge is 0.494 e. The van der Waals surface area contributed by atoms with Crippen LogP contribution in [0.15, 0.2) is 18.2 Å². The number of rotatable bonds is 5. The summed E-state index contributed by atoms with van der Waals surface area (Å²) >= 11 is 0. The Morgan fingerprint density at radius 2 is 2.11 bits per heavy atom. The van der Waals surface area contributed by atoms with E-state index in [4.69, 9.17) is 9.84 Å². The first-order valence-electron chi connectivity index (χ1n) is 6.34. The fourth-order valence-electron chi connectivity index (χ4n) is 2.37. The minimum atomic E-state index is -1.10. The molecule has 0 bridgehead atoms. The third-order valence-corrected chi connectivity index (χ3v) is 3.10. The van der Waals surface area contributed by atoms with Gasteiger partial charge in [-0.05, 0) is 43.0 Å². The second kappa shape index (κ2) is 5.73. The molecule has 1 aliphatic rings. The van der Waals surface area contributed by atoms with Crippen LogP contribution in [-0.4, -0.2) is 29.6 Å². The highest BCUT2D eigenvalue weighted by Crippen LogP contribution is 2.26. The number of benzene rings is 1. The molecule has 0 saturated carbocycles. The number of amides is 1. The van der Waals surface area contributed by atoms with E-state index in [-0.39, 0.29) is 6.04 Å². The number of hydrogen-bond donors (Lipinski definition) is 2. The number of carboxylic acids is 1. The Balaban J connectivity index is 1.96. The molecule has 1 aromatic rings. The van der Waals surface area contributed by atoms with Crippen LogP contribution in [0.2, 0.25) is 0 Å². The van der Waals surface area contributed by atoms with Gasteiger partial charge in [0.25, 0.3) is 0 Å². The molecule has 0 fully saturated rings. The molecule has 1 amide bonds. The molecule has 0 spiro atoms. The first-order valence-corrected chi connectivity index (χ1v) is 6.34. The molecule has 2 N–H and O–H groups in total. The quantitative estimate of drug-likeness (QED) is 0.781. The molecule has 5 nitrogen and oxygen atoms in total. The molecule has 0 heterocycles. The molecule has 1 aromatic carbocycles. The number of fused-ring (bicyclic) bond motifs is 1. The van der Waals surface area contributed by atoms with Gasteiger partial charge in [-0.3, -0.25) is 9.59 Å². The Hall–Kier alpha value is -2.04. The van der Waals surface area contributed by atoms with E-state index in [0.717, 1.165) is 24.2 Å². The van der Waals surface area contributed by atoms with E-state index in [9.17, 15) is 9.59 Å². The maximum absolute atomic E-state index is 11.4.